The Morgan fingerprint density at radius 2 is 2.06 bits per heavy atom. The lowest BCUT2D eigenvalue weighted by molar-refractivity contribution is 0.0745. The van der Waals surface area contributed by atoms with Crippen molar-refractivity contribution in [2.24, 2.45) is 5.92 Å². The third kappa shape index (κ3) is 2.72. The Bertz CT molecular complexity index is 440. The second-order valence-electron chi connectivity index (χ2n) is 5.32. The predicted octanol–water partition coefficient (Wildman–Crippen LogP) is 2.41. The van der Waals surface area contributed by atoms with Crippen LogP contribution in [0.2, 0.25) is 0 Å². The molecule has 0 bridgehead atoms. The van der Waals surface area contributed by atoms with Gasteiger partial charge in [-0.05, 0) is 36.1 Å². The van der Waals surface area contributed by atoms with Crippen molar-refractivity contribution in [1.29, 1.82) is 0 Å². The molecule has 1 aliphatic rings. The highest BCUT2D eigenvalue weighted by Crippen LogP contribution is 2.18. The van der Waals surface area contributed by atoms with Crippen LogP contribution in [-0.2, 0) is 13.1 Å². The fourth-order valence-corrected chi connectivity index (χ4v) is 2.41. The molecule has 1 aliphatic heterocycles. The molecule has 98 valence electrons. The summed E-state index contributed by atoms with van der Waals surface area (Å²) in [5.41, 5.74) is 3.40. The van der Waals surface area contributed by atoms with Crippen LogP contribution >= 0.6 is 0 Å². The number of carbonyl (C=O) groups is 1. The summed E-state index contributed by atoms with van der Waals surface area (Å²) in [4.78, 5) is 14.3. The first-order chi connectivity index (χ1) is 8.61. The normalized spacial score (nSPS) is 13.8. The van der Waals surface area contributed by atoms with Gasteiger partial charge in [0.15, 0.2) is 0 Å². The van der Waals surface area contributed by atoms with Crippen molar-refractivity contribution in [3.05, 3.63) is 34.9 Å². The summed E-state index contributed by atoms with van der Waals surface area (Å²) in [5, 5.41) is 3.30. The van der Waals surface area contributed by atoms with Crippen LogP contribution in [0.5, 0.6) is 0 Å². The molecule has 2 rings (SSSR count). The summed E-state index contributed by atoms with van der Waals surface area (Å²) in [7, 11) is 0. The van der Waals surface area contributed by atoms with Gasteiger partial charge in [-0.3, -0.25) is 4.79 Å². The van der Waals surface area contributed by atoms with Crippen molar-refractivity contribution in [2.75, 3.05) is 13.1 Å². The minimum Gasteiger partial charge on any atom is -0.339 e. The summed E-state index contributed by atoms with van der Waals surface area (Å²) in [6, 6.07) is 6.07. The molecule has 0 radical (unpaired) electrons. The fourth-order valence-electron chi connectivity index (χ4n) is 2.41. The molecule has 1 amide bonds. The minimum absolute atomic E-state index is 0.154. The highest BCUT2D eigenvalue weighted by molar-refractivity contribution is 5.94. The number of hydrogen-bond donors (Lipinski definition) is 1. The van der Waals surface area contributed by atoms with Crippen LogP contribution in [0.25, 0.3) is 0 Å². The Kier molecular flexibility index (Phi) is 4.02. The summed E-state index contributed by atoms with van der Waals surface area (Å²) in [6.07, 6.45) is 0. The van der Waals surface area contributed by atoms with Crippen molar-refractivity contribution in [3.8, 4) is 0 Å². The largest absolute Gasteiger partial charge is 0.339 e. The van der Waals surface area contributed by atoms with Gasteiger partial charge in [-0.15, -0.1) is 0 Å². The van der Waals surface area contributed by atoms with E-state index in [9.17, 15) is 4.79 Å². The maximum atomic E-state index is 12.4. The molecule has 0 atom stereocenters. The topological polar surface area (TPSA) is 32.3 Å². The van der Waals surface area contributed by atoms with E-state index < -0.39 is 0 Å². The number of nitrogens with zero attached hydrogens (tertiary/aromatic N) is 1. The molecular weight excluding hydrogens is 224 g/mol. The maximum absolute atomic E-state index is 12.4. The molecule has 3 heteroatoms. The zero-order valence-corrected chi connectivity index (χ0v) is 11.5. The van der Waals surface area contributed by atoms with E-state index in [0.29, 0.717) is 5.92 Å². The van der Waals surface area contributed by atoms with Crippen LogP contribution in [0.15, 0.2) is 18.2 Å². The molecule has 1 aromatic rings. The fraction of sp³-hybridized carbons (Fsp3) is 0.533. The lowest BCUT2D eigenvalue weighted by Crippen LogP contribution is -2.34. The van der Waals surface area contributed by atoms with Crippen molar-refractivity contribution in [1.82, 2.24) is 10.2 Å². The van der Waals surface area contributed by atoms with Crippen LogP contribution in [-0.4, -0.2) is 23.9 Å². The Labute approximate surface area is 109 Å². The highest BCUT2D eigenvalue weighted by Gasteiger charge is 2.18. The van der Waals surface area contributed by atoms with E-state index >= 15 is 0 Å². The van der Waals surface area contributed by atoms with Gasteiger partial charge in [0.05, 0.1) is 0 Å². The Hall–Kier alpha value is -1.35. The van der Waals surface area contributed by atoms with Gasteiger partial charge < -0.3 is 10.2 Å². The quantitative estimate of drug-likeness (QED) is 0.885. The molecule has 0 saturated carbocycles. The first-order valence-corrected chi connectivity index (χ1v) is 6.73. The van der Waals surface area contributed by atoms with Gasteiger partial charge in [-0.2, -0.15) is 0 Å². The van der Waals surface area contributed by atoms with Gasteiger partial charge in [-0.25, -0.2) is 0 Å². The van der Waals surface area contributed by atoms with Crippen LogP contribution in [0.1, 0.15) is 42.3 Å². The first-order valence-electron chi connectivity index (χ1n) is 6.73. The highest BCUT2D eigenvalue weighted by atomic mass is 16.2. The second kappa shape index (κ2) is 5.53. The number of carbonyl (C=O) groups excluding carboxylic acids is 1. The number of nitrogens with one attached hydrogen (secondary N) is 1. The SMILES string of the molecule is CCN(CC(C)C)C(=O)c1ccc2c(c1)CNC2. The van der Waals surface area contributed by atoms with E-state index in [0.717, 1.165) is 31.7 Å². The van der Waals surface area contributed by atoms with Crippen LogP contribution in [0.3, 0.4) is 0 Å². The number of fused-ring (bicyclic) bond motifs is 1. The van der Waals surface area contributed by atoms with E-state index in [1.165, 1.54) is 11.1 Å². The van der Waals surface area contributed by atoms with Gasteiger partial charge in [-0.1, -0.05) is 19.9 Å². The lowest BCUT2D eigenvalue weighted by Gasteiger charge is -2.23. The molecule has 1 aromatic carbocycles. The molecule has 0 fully saturated rings. The Balaban J connectivity index is 2.17. The summed E-state index contributed by atoms with van der Waals surface area (Å²) in [5.74, 6) is 0.658. The number of hydrogen-bond acceptors (Lipinski definition) is 2. The first kappa shape index (κ1) is 13.1. The average Bonchev–Trinajstić information content (AvgIpc) is 2.81. The number of benzene rings is 1. The third-order valence-corrected chi connectivity index (χ3v) is 3.34. The van der Waals surface area contributed by atoms with Crippen molar-refractivity contribution >= 4 is 5.91 Å². The van der Waals surface area contributed by atoms with Gasteiger partial charge in [0.1, 0.15) is 0 Å². The number of rotatable bonds is 4. The van der Waals surface area contributed by atoms with Crippen molar-refractivity contribution < 1.29 is 4.79 Å². The molecule has 1 N–H and O–H groups in total. The maximum Gasteiger partial charge on any atom is 0.253 e. The Morgan fingerprint density at radius 1 is 1.33 bits per heavy atom. The Morgan fingerprint density at radius 3 is 2.72 bits per heavy atom. The van der Waals surface area contributed by atoms with E-state index in [1.54, 1.807) is 0 Å². The van der Waals surface area contributed by atoms with Crippen LogP contribution < -0.4 is 5.32 Å². The molecule has 0 aromatic heterocycles. The lowest BCUT2D eigenvalue weighted by atomic mass is 10.1. The van der Waals surface area contributed by atoms with Crippen molar-refractivity contribution in [3.63, 3.8) is 0 Å². The van der Waals surface area contributed by atoms with Gasteiger partial charge in [0.2, 0.25) is 0 Å². The summed E-state index contributed by atoms with van der Waals surface area (Å²) in [6.45, 7) is 9.72. The van der Waals surface area contributed by atoms with E-state index in [-0.39, 0.29) is 5.91 Å². The summed E-state index contributed by atoms with van der Waals surface area (Å²) >= 11 is 0. The van der Waals surface area contributed by atoms with Gasteiger partial charge >= 0.3 is 0 Å². The molecular formula is C15H22N2O. The predicted molar refractivity (Wildman–Crippen MR) is 73.4 cm³/mol. The molecule has 3 nitrogen and oxygen atoms in total. The van der Waals surface area contributed by atoms with Crippen LogP contribution in [0, 0.1) is 5.92 Å². The van der Waals surface area contributed by atoms with E-state index in [4.69, 9.17) is 0 Å². The van der Waals surface area contributed by atoms with E-state index in [2.05, 4.69) is 25.2 Å². The second-order valence-corrected chi connectivity index (χ2v) is 5.32. The zero-order valence-electron chi connectivity index (χ0n) is 11.5. The molecule has 0 saturated heterocycles. The van der Waals surface area contributed by atoms with Crippen LogP contribution in [0.4, 0.5) is 0 Å². The molecule has 18 heavy (non-hydrogen) atoms. The average molecular weight is 246 g/mol. The standard InChI is InChI=1S/C15H22N2O/c1-4-17(10-11(2)3)15(18)12-5-6-13-8-16-9-14(13)7-12/h5-7,11,16H,4,8-10H2,1-3H3. The zero-order chi connectivity index (χ0) is 13.1. The molecule has 1 heterocycles. The van der Waals surface area contributed by atoms with E-state index in [1.807, 2.05) is 24.0 Å². The third-order valence-electron chi connectivity index (χ3n) is 3.34. The smallest absolute Gasteiger partial charge is 0.253 e. The summed E-state index contributed by atoms with van der Waals surface area (Å²) < 4.78 is 0. The number of amides is 1. The minimum atomic E-state index is 0.154. The molecule has 0 unspecified atom stereocenters. The van der Waals surface area contributed by atoms with Gasteiger partial charge in [0, 0.05) is 31.7 Å². The van der Waals surface area contributed by atoms with Crippen molar-refractivity contribution in [2.45, 2.75) is 33.9 Å². The molecule has 0 aliphatic carbocycles. The molecule has 0 spiro atoms. The van der Waals surface area contributed by atoms with Gasteiger partial charge in [0.25, 0.3) is 5.91 Å². The monoisotopic (exact) mass is 246 g/mol.